The fraction of sp³-hybridized carbons (Fsp3) is 0.0455. The van der Waals surface area contributed by atoms with Crippen molar-refractivity contribution in [2.24, 2.45) is 0 Å². The Morgan fingerprint density at radius 1 is 0.404 bits per heavy atom. The molecule has 7 rings (SSSR count). The first kappa shape index (κ1) is 29.9. The number of rotatable bonds is 4. The highest BCUT2D eigenvalue weighted by atomic mass is 31.2. The van der Waals surface area contributed by atoms with Crippen LogP contribution in [0, 0.1) is 23.7 Å². The Kier molecular flexibility index (Phi) is 8.21. The van der Waals surface area contributed by atoms with Crippen molar-refractivity contribution in [3.05, 3.63) is 180 Å². The Bertz CT molecular complexity index is 2290. The van der Waals surface area contributed by atoms with Gasteiger partial charge in [-0.15, -0.1) is 0 Å². The number of hydrogen-bond donors (Lipinski definition) is 0. The van der Waals surface area contributed by atoms with Gasteiger partial charge in [-0.25, -0.2) is 0 Å². The monoisotopic (exact) mass is 621 g/mol. The van der Waals surface area contributed by atoms with Gasteiger partial charge in [0.1, 0.15) is 0 Å². The second-order valence-corrected chi connectivity index (χ2v) is 14.4. The molecule has 0 fully saturated rings. The molecule has 2 nitrogen and oxygen atoms in total. The second-order valence-electron chi connectivity index (χ2n) is 11.6. The third-order valence-corrected chi connectivity index (χ3v) is 11.5. The van der Waals surface area contributed by atoms with Crippen molar-refractivity contribution >= 4 is 50.3 Å². The number of benzene rings is 7. The maximum atomic E-state index is 14.8. The highest BCUT2D eigenvalue weighted by Crippen LogP contribution is 2.42. The highest BCUT2D eigenvalue weighted by molar-refractivity contribution is 7.85. The molecule has 0 saturated heterocycles. The molecule has 0 atom stereocenters. The fourth-order valence-corrected chi connectivity index (χ4v) is 8.64. The van der Waals surface area contributed by atoms with E-state index in [2.05, 4.69) is 101 Å². The Morgan fingerprint density at radius 2 is 0.745 bits per heavy atom. The minimum Gasteiger partial charge on any atom is -0.378 e. The van der Waals surface area contributed by atoms with Gasteiger partial charge in [0.2, 0.25) is 0 Å². The van der Waals surface area contributed by atoms with Gasteiger partial charge in [-0.2, -0.15) is 0 Å². The van der Waals surface area contributed by atoms with Crippen molar-refractivity contribution < 1.29 is 4.57 Å². The molecule has 0 radical (unpaired) electrons. The topological polar surface area (TPSA) is 20.3 Å². The summed E-state index contributed by atoms with van der Waals surface area (Å²) in [5.41, 5.74) is 4.95. The molecule has 0 amide bonds. The van der Waals surface area contributed by atoms with Crippen molar-refractivity contribution in [1.29, 1.82) is 0 Å². The minimum atomic E-state index is -3.04. The summed E-state index contributed by atoms with van der Waals surface area (Å²) in [6.45, 7) is 0. The molecule has 0 aliphatic carbocycles. The van der Waals surface area contributed by atoms with Crippen molar-refractivity contribution in [2.45, 2.75) is 0 Å². The largest absolute Gasteiger partial charge is 0.378 e. The van der Waals surface area contributed by atoms with E-state index in [-0.39, 0.29) is 0 Å². The Morgan fingerprint density at radius 3 is 1.13 bits per heavy atom. The van der Waals surface area contributed by atoms with Gasteiger partial charge in [0.05, 0.1) is 0 Å². The van der Waals surface area contributed by atoms with Crippen molar-refractivity contribution in [3.63, 3.8) is 0 Å². The number of fused-ring (bicyclic) bond motifs is 2. The maximum absolute atomic E-state index is 14.8. The zero-order chi connectivity index (χ0) is 32.2. The van der Waals surface area contributed by atoms with Gasteiger partial charge in [-0.3, -0.25) is 0 Å². The molecule has 0 bridgehead atoms. The smallest absolute Gasteiger partial charge is 0.171 e. The number of anilines is 1. The van der Waals surface area contributed by atoms with Crippen LogP contribution < -0.4 is 20.8 Å². The van der Waals surface area contributed by atoms with Crippen LogP contribution in [0.15, 0.2) is 158 Å². The van der Waals surface area contributed by atoms with E-state index in [4.69, 9.17) is 0 Å². The molecule has 47 heavy (non-hydrogen) atoms. The average molecular weight is 622 g/mol. The molecular formula is C44H32NOP. The Labute approximate surface area is 276 Å². The second kappa shape index (κ2) is 12.9. The molecule has 7 aromatic carbocycles. The summed E-state index contributed by atoms with van der Waals surface area (Å²) in [5.74, 6) is 13.8. The van der Waals surface area contributed by atoms with Crippen LogP contribution in [0.25, 0.3) is 21.5 Å². The lowest BCUT2D eigenvalue weighted by atomic mass is 9.92. The molecule has 224 valence electrons. The fourth-order valence-electron chi connectivity index (χ4n) is 5.99. The lowest BCUT2D eigenvalue weighted by Gasteiger charge is -2.20. The van der Waals surface area contributed by atoms with Crippen molar-refractivity contribution in [3.8, 4) is 23.7 Å². The standard InChI is InChI=1S/C44H32NOP/c1-45(2)35-27-21-33(22-28-35)25-31-43-39-17-9-11-19-41(39)44(42-20-12-10-18-40(42)43)32-26-34-23-29-38(30-24-34)47(46,36-13-5-3-6-14-36)37-15-7-4-8-16-37/h3-24,27-30H,1-2H3. The highest BCUT2D eigenvalue weighted by Gasteiger charge is 2.29. The SMILES string of the molecule is CN(C)c1ccc(C#Cc2c3ccccc3c(C#Cc3ccc(P(=O)(c4ccccc4)c4ccccc4)cc3)c3ccccc23)cc1. The molecular weight excluding hydrogens is 589 g/mol. The van der Waals surface area contributed by atoms with Crippen molar-refractivity contribution in [2.75, 3.05) is 19.0 Å². The van der Waals surface area contributed by atoms with Gasteiger partial charge in [0.15, 0.2) is 7.14 Å². The zero-order valence-corrected chi connectivity index (χ0v) is 27.2. The van der Waals surface area contributed by atoms with Gasteiger partial charge in [-0.1, -0.05) is 133 Å². The van der Waals surface area contributed by atoms with E-state index < -0.39 is 7.14 Å². The molecule has 0 aliphatic rings. The molecule has 7 aromatic rings. The minimum absolute atomic E-state index is 0.788. The van der Waals surface area contributed by atoms with E-state index in [0.717, 1.165) is 65.4 Å². The first-order valence-electron chi connectivity index (χ1n) is 15.6. The predicted molar refractivity (Wildman–Crippen MR) is 200 cm³/mol. The third kappa shape index (κ3) is 5.85. The van der Waals surface area contributed by atoms with Crippen LogP contribution in [0.2, 0.25) is 0 Å². The predicted octanol–water partition coefficient (Wildman–Crippen LogP) is 8.50. The first-order valence-corrected chi connectivity index (χ1v) is 17.3. The van der Waals surface area contributed by atoms with Gasteiger partial charge in [0.25, 0.3) is 0 Å². The molecule has 0 heterocycles. The lowest BCUT2D eigenvalue weighted by Crippen LogP contribution is -2.24. The summed E-state index contributed by atoms with van der Waals surface area (Å²) in [6, 6.07) is 52.4. The number of hydrogen-bond acceptors (Lipinski definition) is 2. The van der Waals surface area contributed by atoms with E-state index in [9.17, 15) is 4.57 Å². The first-order chi connectivity index (χ1) is 23.0. The van der Waals surface area contributed by atoms with Crippen LogP contribution in [0.3, 0.4) is 0 Å². The Hall–Kier alpha value is -5.79. The van der Waals surface area contributed by atoms with E-state index in [1.165, 1.54) is 0 Å². The average Bonchev–Trinajstić information content (AvgIpc) is 3.13. The van der Waals surface area contributed by atoms with Gasteiger partial charge in [0, 0.05) is 58.0 Å². The van der Waals surface area contributed by atoms with Crippen LogP contribution >= 0.6 is 7.14 Å². The summed E-state index contributed by atoms with van der Waals surface area (Å²) < 4.78 is 14.8. The third-order valence-electron chi connectivity index (χ3n) is 8.45. The van der Waals surface area contributed by atoms with Crippen LogP contribution in [-0.2, 0) is 4.57 Å². The van der Waals surface area contributed by atoms with E-state index >= 15 is 0 Å². The molecule has 0 aromatic heterocycles. The van der Waals surface area contributed by atoms with Crippen LogP contribution in [-0.4, -0.2) is 14.1 Å². The van der Waals surface area contributed by atoms with Crippen LogP contribution in [0.5, 0.6) is 0 Å². The molecule has 0 spiro atoms. The summed E-state index contributed by atoms with van der Waals surface area (Å²) in [7, 11) is 1.03. The lowest BCUT2D eigenvalue weighted by molar-refractivity contribution is 0.592. The van der Waals surface area contributed by atoms with Crippen molar-refractivity contribution in [1.82, 2.24) is 0 Å². The molecule has 0 N–H and O–H groups in total. The zero-order valence-electron chi connectivity index (χ0n) is 26.3. The van der Waals surface area contributed by atoms with Gasteiger partial charge in [-0.05, 0) is 70.1 Å². The van der Waals surface area contributed by atoms with Crippen LogP contribution in [0.1, 0.15) is 22.3 Å². The Balaban J connectivity index is 1.30. The molecule has 0 saturated carbocycles. The van der Waals surface area contributed by atoms with E-state index in [1.54, 1.807) is 0 Å². The summed E-state index contributed by atoms with van der Waals surface area (Å²) >= 11 is 0. The summed E-state index contributed by atoms with van der Waals surface area (Å²) in [5, 5.41) is 6.72. The van der Waals surface area contributed by atoms with E-state index in [0.29, 0.717) is 0 Å². The van der Waals surface area contributed by atoms with Gasteiger partial charge < -0.3 is 9.46 Å². The number of nitrogens with zero attached hydrogens (tertiary/aromatic N) is 1. The molecule has 3 heteroatoms. The van der Waals surface area contributed by atoms with Crippen LogP contribution in [0.4, 0.5) is 5.69 Å². The summed E-state index contributed by atoms with van der Waals surface area (Å²) in [4.78, 5) is 2.08. The molecule has 0 aliphatic heterocycles. The van der Waals surface area contributed by atoms with Gasteiger partial charge >= 0.3 is 0 Å². The quantitative estimate of drug-likeness (QED) is 0.112. The normalized spacial score (nSPS) is 10.9. The molecule has 0 unspecified atom stereocenters. The summed E-state index contributed by atoms with van der Waals surface area (Å²) in [6.07, 6.45) is 0. The van der Waals surface area contributed by atoms with E-state index in [1.807, 2.05) is 99.0 Å². The maximum Gasteiger partial charge on any atom is 0.171 e.